The van der Waals surface area contributed by atoms with Gasteiger partial charge in [0.1, 0.15) is 5.00 Å². The normalized spacial score (nSPS) is 21.7. The van der Waals surface area contributed by atoms with E-state index < -0.39 is 11.9 Å². The van der Waals surface area contributed by atoms with Crippen LogP contribution in [0.25, 0.3) is 0 Å². The molecule has 25 heavy (non-hydrogen) atoms. The molecular weight excluding hydrogens is 342 g/mol. The second-order valence-electron chi connectivity index (χ2n) is 6.74. The van der Waals surface area contributed by atoms with Crippen LogP contribution in [0.15, 0.2) is 0 Å². The van der Waals surface area contributed by atoms with Gasteiger partial charge in [-0.25, -0.2) is 4.79 Å². The van der Waals surface area contributed by atoms with Crippen molar-refractivity contribution in [1.82, 2.24) is 0 Å². The van der Waals surface area contributed by atoms with Gasteiger partial charge < -0.3 is 14.8 Å². The van der Waals surface area contributed by atoms with Gasteiger partial charge in [0.05, 0.1) is 18.6 Å². The third-order valence-electron chi connectivity index (χ3n) is 4.82. The summed E-state index contributed by atoms with van der Waals surface area (Å²) < 4.78 is 9.96. The molecule has 1 aromatic rings. The Morgan fingerprint density at radius 3 is 2.60 bits per heavy atom. The van der Waals surface area contributed by atoms with Gasteiger partial charge in [-0.2, -0.15) is 0 Å². The molecule has 1 heterocycles. The number of thiophene rings is 1. The second kappa shape index (κ2) is 7.56. The summed E-state index contributed by atoms with van der Waals surface area (Å²) in [5.41, 5.74) is 1.45. The molecule has 0 spiro atoms. The van der Waals surface area contributed by atoms with Gasteiger partial charge >= 0.3 is 11.9 Å². The lowest BCUT2D eigenvalue weighted by Gasteiger charge is -2.08. The smallest absolute Gasteiger partial charge is 0.341 e. The maximum atomic E-state index is 12.2. The molecule has 0 aliphatic heterocycles. The number of ether oxygens (including phenoxy) is 2. The third-order valence-corrected chi connectivity index (χ3v) is 6.03. The van der Waals surface area contributed by atoms with Crippen LogP contribution in [0.5, 0.6) is 0 Å². The number of aryl methyl sites for hydroxylation is 1. The predicted molar refractivity (Wildman–Crippen MR) is 93.8 cm³/mol. The van der Waals surface area contributed by atoms with E-state index in [1.807, 2.05) is 6.92 Å². The molecule has 1 fully saturated rings. The number of rotatable bonds is 5. The largest absolute Gasteiger partial charge is 0.465 e. The number of methoxy groups -OCH3 is 1. The van der Waals surface area contributed by atoms with E-state index in [0.717, 1.165) is 49.0 Å². The summed E-state index contributed by atoms with van der Waals surface area (Å²) in [6.45, 7) is 1.65. The van der Waals surface area contributed by atoms with Crippen molar-refractivity contribution in [3.05, 3.63) is 16.0 Å². The first-order valence-corrected chi connectivity index (χ1v) is 9.52. The number of hydrogen-bond donors (Lipinski definition) is 1. The van der Waals surface area contributed by atoms with Gasteiger partial charge in [-0.3, -0.25) is 9.59 Å². The number of carbonyl (C=O) groups is 3. The third kappa shape index (κ3) is 4.03. The molecule has 7 heteroatoms. The van der Waals surface area contributed by atoms with Crippen LogP contribution in [-0.4, -0.2) is 31.6 Å². The Labute approximate surface area is 150 Å². The molecule has 1 N–H and O–H groups in total. The zero-order valence-corrected chi connectivity index (χ0v) is 15.4. The summed E-state index contributed by atoms with van der Waals surface area (Å²) in [6, 6.07) is 0. The van der Waals surface area contributed by atoms with Crippen molar-refractivity contribution in [3.8, 4) is 0 Å². The van der Waals surface area contributed by atoms with E-state index in [4.69, 9.17) is 9.47 Å². The van der Waals surface area contributed by atoms with Gasteiger partial charge in [-0.1, -0.05) is 13.3 Å². The van der Waals surface area contributed by atoms with Crippen molar-refractivity contribution >= 4 is 34.2 Å². The highest BCUT2D eigenvalue weighted by Gasteiger charge is 2.40. The number of hydrogen-bond acceptors (Lipinski definition) is 6. The molecule has 0 bridgehead atoms. The number of carbonyl (C=O) groups excluding carboxylic acids is 3. The lowest BCUT2D eigenvalue weighted by Crippen LogP contribution is -2.22. The van der Waals surface area contributed by atoms with Crippen LogP contribution in [0.4, 0.5) is 5.00 Å². The Morgan fingerprint density at radius 2 is 1.92 bits per heavy atom. The zero-order valence-electron chi connectivity index (χ0n) is 14.6. The molecule has 2 aliphatic rings. The van der Waals surface area contributed by atoms with Crippen LogP contribution >= 0.6 is 11.3 Å². The highest BCUT2D eigenvalue weighted by molar-refractivity contribution is 7.17. The Bertz CT molecular complexity index is 696. The average Bonchev–Trinajstić information content (AvgIpc) is 3.29. The maximum absolute atomic E-state index is 12.2. The molecule has 0 saturated heterocycles. The summed E-state index contributed by atoms with van der Waals surface area (Å²) in [5.74, 6) is -0.912. The highest BCUT2D eigenvalue weighted by Crippen LogP contribution is 2.39. The van der Waals surface area contributed by atoms with Crippen LogP contribution in [0.3, 0.4) is 0 Å². The molecular formula is C18H23NO5S. The number of amides is 1. The van der Waals surface area contributed by atoms with Crippen molar-refractivity contribution in [3.63, 3.8) is 0 Å². The van der Waals surface area contributed by atoms with Gasteiger partial charge in [-0.15, -0.1) is 11.3 Å². The fourth-order valence-electron chi connectivity index (χ4n) is 3.21. The van der Waals surface area contributed by atoms with Crippen molar-refractivity contribution in [2.75, 3.05) is 19.0 Å². The van der Waals surface area contributed by atoms with E-state index >= 15 is 0 Å². The van der Waals surface area contributed by atoms with Gasteiger partial charge in [0.2, 0.25) is 0 Å². The van der Waals surface area contributed by atoms with Crippen LogP contribution < -0.4 is 5.32 Å². The first-order chi connectivity index (χ1) is 12.0. The summed E-state index contributed by atoms with van der Waals surface area (Å²) in [7, 11) is 1.34. The lowest BCUT2D eigenvalue weighted by atomic mass is 10.1. The van der Waals surface area contributed by atoms with E-state index in [1.165, 1.54) is 18.4 Å². The standard InChI is InChI=1S/C18H23NO5S/c1-10-8-12(10)17(21)24-9-14(20)19-16-15(18(22)23-2)11-6-4-3-5-7-13(11)25-16/h10,12H,3-9H2,1-2H3,(H,19,20)/t10-,12-/m0/s1. The van der Waals surface area contributed by atoms with Crippen LogP contribution in [0.1, 0.15) is 53.4 Å². The number of nitrogens with one attached hydrogen (secondary N) is 1. The minimum Gasteiger partial charge on any atom is -0.465 e. The molecule has 136 valence electrons. The van der Waals surface area contributed by atoms with E-state index in [0.29, 0.717) is 16.5 Å². The Morgan fingerprint density at radius 1 is 1.20 bits per heavy atom. The van der Waals surface area contributed by atoms with Gasteiger partial charge in [-0.05, 0) is 43.6 Å². The van der Waals surface area contributed by atoms with Crippen molar-refractivity contribution in [2.24, 2.45) is 11.8 Å². The van der Waals surface area contributed by atoms with Gasteiger partial charge in [0.25, 0.3) is 5.91 Å². The molecule has 0 unspecified atom stereocenters. The Hall–Kier alpha value is -1.89. The van der Waals surface area contributed by atoms with Crippen molar-refractivity contribution in [2.45, 2.75) is 45.4 Å². The van der Waals surface area contributed by atoms with E-state index in [9.17, 15) is 14.4 Å². The van der Waals surface area contributed by atoms with Crippen molar-refractivity contribution < 1.29 is 23.9 Å². The molecule has 2 atom stereocenters. The Kier molecular flexibility index (Phi) is 5.42. The zero-order chi connectivity index (χ0) is 18.0. The minimum atomic E-state index is -0.432. The monoisotopic (exact) mass is 365 g/mol. The number of fused-ring (bicyclic) bond motifs is 1. The highest BCUT2D eigenvalue weighted by atomic mass is 32.1. The average molecular weight is 365 g/mol. The quantitative estimate of drug-likeness (QED) is 0.641. The Balaban J connectivity index is 1.69. The van der Waals surface area contributed by atoms with Crippen LogP contribution in [-0.2, 0) is 31.9 Å². The summed E-state index contributed by atoms with van der Waals surface area (Å²) >= 11 is 1.43. The number of esters is 2. The molecule has 6 nitrogen and oxygen atoms in total. The summed E-state index contributed by atoms with van der Waals surface area (Å²) in [5, 5.41) is 3.23. The molecule has 1 aromatic heterocycles. The lowest BCUT2D eigenvalue weighted by molar-refractivity contribution is -0.148. The fraction of sp³-hybridized carbons (Fsp3) is 0.611. The van der Waals surface area contributed by atoms with Crippen LogP contribution in [0, 0.1) is 11.8 Å². The van der Waals surface area contributed by atoms with Gasteiger partial charge in [0, 0.05) is 4.88 Å². The predicted octanol–water partition coefficient (Wildman–Crippen LogP) is 2.94. The number of anilines is 1. The first kappa shape index (κ1) is 17.9. The topological polar surface area (TPSA) is 81.7 Å². The molecule has 0 aromatic carbocycles. The summed E-state index contributed by atoms with van der Waals surface area (Å²) in [6.07, 6.45) is 5.80. The molecule has 2 aliphatic carbocycles. The molecule has 3 rings (SSSR count). The van der Waals surface area contributed by atoms with E-state index in [-0.39, 0.29) is 18.5 Å². The summed E-state index contributed by atoms with van der Waals surface area (Å²) in [4.78, 5) is 37.2. The van der Waals surface area contributed by atoms with E-state index in [1.54, 1.807) is 0 Å². The van der Waals surface area contributed by atoms with Crippen molar-refractivity contribution in [1.29, 1.82) is 0 Å². The van der Waals surface area contributed by atoms with Gasteiger partial charge in [0.15, 0.2) is 6.61 Å². The molecule has 0 radical (unpaired) electrons. The molecule has 1 amide bonds. The molecule has 1 saturated carbocycles. The minimum absolute atomic E-state index is 0.0729. The van der Waals surface area contributed by atoms with Crippen LogP contribution in [0.2, 0.25) is 0 Å². The second-order valence-corrected chi connectivity index (χ2v) is 7.84. The first-order valence-electron chi connectivity index (χ1n) is 8.70. The van der Waals surface area contributed by atoms with E-state index in [2.05, 4.69) is 5.32 Å². The SMILES string of the molecule is COC(=O)c1c(NC(=O)COC(=O)[C@H]2C[C@@H]2C)sc2c1CCCCC2. The fourth-order valence-corrected chi connectivity index (χ4v) is 4.50. The maximum Gasteiger partial charge on any atom is 0.341 e.